The Bertz CT molecular complexity index is 602. The van der Waals surface area contributed by atoms with Gasteiger partial charge < -0.3 is 10.1 Å². The summed E-state index contributed by atoms with van der Waals surface area (Å²) in [6.45, 7) is 1.82. The summed E-state index contributed by atoms with van der Waals surface area (Å²) in [4.78, 5) is 31.5. The molecule has 16 heavy (non-hydrogen) atoms. The molecule has 0 aliphatic rings. The number of rotatable bonds is 3. The Morgan fingerprint density at radius 3 is 3.00 bits per heavy atom. The summed E-state index contributed by atoms with van der Waals surface area (Å²) >= 11 is 0.987. The Morgan fingerprint density at radius 2 is 2.31 bits per heavy atom. The number of hydrogen-bond donors (Lipinski definition) is 3. The van der Waals surface area contributed by atoms with Gasteiger partial charge in [0.2, 0.25) is 0 Å². The molecule has 0 amide bonds. The van der Waals surface area contributed by atoms with E-state index >= 15 is 0 Å². The van der Waals surface area contributed by atoms with Crippen molar-refractivity contribution in [1.82, 2.24) is 15.0 Å². The smallest absolute Gasteiger partial charge is 0.313 e. The number of nitrogens with zero attached hydrogens (tertiary/aromatic N) is 1. The molecule has 0 saturated carbocycles. The number of H-pyrrole nitrogens is 2. The summed E-state index contributed by atoms with van der Waals surface area (Å²) in [6.07, 6.45) is 0. The van der Waals surface area contributed by atoms with Crippen LogP contribution < -0.4 is 5.56 Å². The number of thioether (sulfide) groups is 1. The van der Waals surface area contributed by atoms with Crippen LogP contribution >= 0.6 is 11.8 Å². The van der Waals surface area contributed by atoms with Gasteiger partial charge in [-0.15, -0.1) is 0 Å². The normalized spacial score (nSPS) is 10.8. The van der Waals surface area contributed by atoms with E-state index in [9.17, 15) is 9.59 Å². The molecule has 2 aromatic rings. The maximum absolute atomic E-state index is 11.6. The molecule has 0 atom stereocenters. The van der Waals surface area contributed by atoms with Crippen molar-refractivity contribution in [3.8, 4) is 0 Å². The quantitative estimate of drug-likeness (QED) is 0.542. The van der Waals surface area contributed by atoms with Crippen LogP contribution in [0, 0.1) is 6.92 Å². The van der Waals surface area contributed by atoms with Gasteiger partial charge in [-0.3, -0.25) is 14.6 Å². The Kier molecular flexibility index (Phi) is 2.69. The molecule has 0 aliphatic carbocycles. The number of aliphatic carboxylic acids is 1. The molecule has 0 unspecified atom stereocenters. The predicted molar refractivity (Wildman–Crippen MR) is 59.8 cm³/mol. The molecule has 2 rings (SSSR count). The van der Waals surface area contributed by atoms with Crippen LogP contribution in [0.15, 0.2) is 16.0 Å². The minimum atomic E-state index is -0.946. The standard InChI is InChI=1S/C9H9N3O3S/c1-4-2-5-7(10-4)8(15)12-9(11-5)16-3-6(13)14/h2,10H,3H2,1H3,(H,13,14)(H,11,12,15). The van der Waals surface area contributed by atoms with Crippen molar-refractivity contribution in [3.05, 3.63) is 22.1 Å². The summed E-state index contributed by atoms with van der Waals surface area (Å²) in [5, 5.41) is 8.83. The summed E-state index contributed by atoms with van der Waals surface area (Å²) in [5.74, 6) is -1.07. The minimum absolute atomic E-state index is 0.127. The average molecular weight is 239 g/mol. The second-order valence-electron chi connectivity index (χ2n) is 3.27. The lowest BCUT2D eigenvalue weighted by Crippen LogP contribution is -2.10. The zero-order valence-electron chi connectivity index (χ0n) is 8.40. The fraction of sp³-hybridized carbons (Fsp3) is 0.222. The van der Waals surface area contributed by atoms with Gasteiger partial charge in [0.15, 0.2) is 5.16 Å². The molecular weight excluding hydrogens is 230 g/mol. The molecule has 0 aliphatic heterocycles. The molecule has 7 heteroatoms. The van der Waals surface area contributed by atoms with Gasteiger partial charge in [-0.25, -0.2) is 4.98 Å². The van der Waals surface area contributed by atoms with Crippen molar-refractivity contribution in [2.45, 2.75) is 12.1 Å². The van der Waals surface area contributed by atoms with Crippen LogP contribution in [0.1, 0.15) is 5.69 Å². The first-order valence-electron chi connectivity index (χ1n) is 4.50. The third-order valence-electron chi connectivity index (χ3n) is 1.93. The summed E-state index contributed by atoms with van der Waals surface area (Å²) in [6, 6.07) is 1.75. The predicted octanol–water partition coefficient (Wildman–Crippen LogP) is 0.736. The van der Waals surface area contributed by atoms with Crippen molar-refractivity contribution in [3.63, 3.8) is 0 Å². The lowest BCUT2D eigenvalue weighted by atomic mass is 10.4. The molecule has 6 nitrogen and oxygen atoms in total. The first kappa shape index (κ1) is 10.7. The van der Waals surface area contributed by atoms with Gasteiger partial charge in [0, 0.05) is 5.69 Å². The zero-order valence-corrected chi connectivity index (χ0v) is 9.22. The summed E-state index contributed by atoms with van der Waals surface area (Å²) in [7, 11) is 0. The molecule has 0 fully saturated rings. The van der Waals surface area contributed by atoms with Crippen LogP contribution in [0.4, 0.5) is 0 Å². The van der Waals surface area contributed by atoms with E-state index in [1.807, 2.05) is 6.92 Å². The maximum Gasteiger partial charge on any atom is 0.313 e. The fourth-order valence-corrected chi connectivity index (χ4v) is 1.92. The number of nitrogens with one attached hydrogen (secondary N) is 2. The van der Waals surface area contributed by atoms with Gasteiger partial charge in [-0.2, -0.15) is 0 Å². The number of carboxylic acids is 1. The number of aromatic nitrogens is 3. The molecule has 0 radical (unpaired) electrons. The lowest BCUT2D eigenvalue weighted by molar-refractivity contribution is -0.133. The van der Waals surface area contributed by atoms with Crippen molar-refractivity contribution in [1.29, 1.82) is 0 Å². The van der Waals surface area contributed by atoms with E-state index in [2.05, 4.69) is 15.0 Å². The van der Waals surface area contributed by atoms with E-state index in [1.54, 1.807) is 6.07 Å². The molecule has 2 aromatic heterocycles. The SMILES string of the molecule is Cc1cc2nc(SCC(=O)O)[nH]c(=O)c2[nH]1. The van der Waals surface area contributed by atoms with Crippen molar-refractivity contribution < 1.29 is 9.90 Å². The minimum Gasteiger partial charge on any atom is -0.481 e. The number of carbonyl (C=O) groups is 1. The molecule has 0 bridgehead atoms. The van der Waals surface area contributed by atoms with Crippen LogP contribution in [-0.2, 0) is 4.79 Å². The van der Waals surface area contributed by atoms with E-state index in [-0.39, 0.29) is 11.3 Å². The van der Waals surface area contributed by atoms with Gasteiger partial charge in [0.1, 0.15) is 5.52 Å². The van der Waals surface area contributed by atoms with Crippen LogP contribution in [0.25, 0.3) is 11.0 Å². The van der Waals surface area contributed by atoms with Crippen molar-refractivity contribution in [2.24, 2.45) is 0 Å². The molecule has 0 spiro atoms. The first-order chi connectivity index (χ1) is 7.56. The number of aryl methyl sites for hydroxylation is 1. The van der Waals surface area contributed by atoms with Gasteiger partial charge in [0.25, 0.3) is 5.56 Å². The van der Waals surface area contributed by atoms with E-state index in [4.69, 9.17) is 5.11 Å². The highest BCUT2D eigenvalue weighted by Gasteiger charge is 2.07. The monoisotopic (exact) mass is 239 g/mol. The molecule has 0 saturated heterocycles. The third kappa shape index (κ3) is 2.08. The van der Waals surface area contributed by atoms with E-state index in [0.717, 1.165) is 17.5 Å². The highest BCUT2D eigenvalue weighted by Crippen LogP contribution is 2.14. The molecule has 0 aromatic carbocycles. The summed E-state index contributed by atoms with van der Waals surface area (Å²) in [5.41, 5.74) is 1.52. The third-order valence-corrected chi connectivity index (χ3v) is 2.79. The van der Waals surface area contributed by atoms with Crippen molar-refractivity contribution >= 4 is 28.8 Å². The number of aromatic amines is 2. The Labute approximate surface area is 94.1 Å². The number of fused-ring (bicyclic) bond motifs is 1. The van der Waals surface area contributed by atoms with Gasteiger partial charge in [-0.1, -0.05) is 11.8 Å². The number of carboxylic acid groups (broad SMARTS) is 1. The molecule has 84 valence electrons. The second kappa shape index (κ2) is 4.01. The van der Waals surface area contributed by atoms with Crippen LogP contribution in [0.2, 0.25) is 0 Å². The van der Waals surface area contributed by atoms with E-state index < -0.39 is 5.97 Å². The van der Waals surface area contributed by atoms with Crippen LogP contribution in [-0.4, -0.2) is 31.8 Å². The molecule has 3 N–H and O–H groups in total. The maximum atomic E-state index is 11.6. The van der Waals surface area contributed by atoms with Crippen LogP contribution in [0.3, 0.4) is 0 Å². The summed E-state index contributed by atoms with van der Waals surface area (Å²) < 4.78 is 0. The van der Waals surface area contributed by atoms with Crippen LogP contribution in [0.5, 0.6) is 0 Å². The Hall–Kier alpha value is -1.76. The Balaban J connectivity index is 2.41. The van der Waals surface area contributed by atoms with Crippen molar-refractivity contribution in [2.75, 3.05) is 5.75 Å². The Morgan fingerprint density at radius 1 is 1.56 bits per heavy atom. The fourth-order valence-electron chi connectivity index (χ4n) is 1.33. The van der Waals surface area contributed by atoms with Gasteiger partial charge >= 0.3 is 5.97 Å². The molecule has 2 heterocycles. The second-order valence-corrected chi connectivity index (χ2v) is 4.23. The number of hydrogen-bond acceptors (Lipinski definition) is 4. The average Bonchev–Trinajstić information content (AvgIpc) is 2.56. The highest BCUT2D eigenvalue weighted by molar-refractivity contribution is 7.99. The largest absolute Gasteiger partial charge is 0.481 e. The zero-order chi connectivity index (χ0) is 11.7. The van der Waals surface area contributed by atoms with Gasteiger partial charge in [-0.05, 0) is 13.0 Å². The lowest BCUT2D eigenvalue weighted by Gasteiger charge is -1.97. The highest BCUT2D eigenvalue weighted by atomic mass is 32.2. The van der Waals surface area contributed by atoms with E-state index in [1.165, 1.54) is 0 Å². The first-order valence-corrected chi connectivity index (χ1v) is 5.49. The topological polar surface area (TPSA) is 98.8 Å². The van der Waals surface area contributed by atoms with Gasteiger partial charge in [0.05, 0.1) is 11.3 Å². The molecular formula is C9H9N3O3S. The van der Waals surface area contributed by atoms with E-state index in [0.29, 0.717) is 16.2 Å².